The molecule has 0 bridgehead atoms. The van der Waals surface area contributed by atoms with Crippen LogP contribution in [0, 0.1) is 6.92 Å². The fourth-order valence-corrected chi connectivity index (χ4v) is 2.85. The van der Waals surface area contributed by atoms with Gasteiger partial charge in [0.1, 0.15) is 5.82 Å². The highest BCUT2D eigenvalue weighted by molar-refractivity contribution is 5.96. The van der Waals surface area contributed by atoms with Crippen molar-refractivity contribution in [2.45, 2.75) is 19.8 Å². The summed E-state index contributed by atoms with van der Waals surface area (Å²) in [5.74, 6) is 0.954. The minimum atomic E-state index is -0.0789. The summed E-state index contributed by atoms with van der Waals surface area (Å²) in [5.41, 5.74) is 10.1. The minimum Gasteiger partial charge on any atom is -0.399 e. The largest absolute Gasteiger partial charge is 0.399 e. The molecule has 0 atom stereocenters. The Kier molecular flexibility index (Phi) is 4.51. The molecule has 24 heavy (non-hydrogen) atoms. The molecule has 0 unspecified atom stereocenters. The zero-order valence-corrected chi connectivity index (χ0v) is 14.0. The summed E-state index contributed by atoms with van der Waals surface area (Å²) < 4.78 is 2.11. The van der Waals surface area contributed by atoms with Crippen LogP contribution in [0.4, 0.5) is 5.69 Å². The molecule has 0 saturated heterocycles. The number of anilines is 1. The van der Waals surface area contributed by atoms with E-state index in [1.807, 2.05) is 38.2 Å². The first-order chi connectivity index (χ1) is 11.6. The number of benzene rings is 2. The van der Waals surface area contributed by atoms with Crippen molar-refractivity contribution >= 4 is 22.6 Å². The van der Waals surface area contributed by atoms with Gasteiger partial charge in [0.2, 0.25) is 0 Å². The van der Waals surface area contributed by atoms with E-state index < -0.39 is 0 Å². The summed E-state index contributed by atoms with van der Waals surface area (Å²) in [6.07, 6.45) is 1.66. The van der Waals surface area contributed by atoms with Gasteiger partial charge in [-0.15, -0.1) is 0 Å². The first-order valence-corrected chi connectivity index (χ1v) is 8.11. The Morgan fingerprint density at radius 3 is 2.83 bits per heavy atom. The highest BCUT2D eigenvalue weighted by Crippen LogP contribution is 2.15. The fourth-order valence-electron chi connectivity index (χ4n) is 2.85. The molecule has 3 rings (SSSR count). The van der Waals surface area contributed by atoms with Crippen LogP contribution in [-0.2, 0) is 13.5 Å². The van der Waals surface area contributed by atoms with Gasteiger partial charge >= 0.3 is 0 Å². The Labute approximate surface area is 141 Å². The molecule has 0 spiro atoms. The monoisotopic (exact) mass is 322 g/mol. The smallest absolute Gasteiger partial charge is 0.251 e. The van der Waals surface area contributed by atoms with Gasteiger partial charge in [0.05, 0.1) is 11.0 Å². The van der Waals surface area contributed by atoms with Crippen LogP contribution in [0.1, 0.15) is 28.2 Å². The van der Waals surface area contributed by atoms with Crippen LogP contribution in [0.3, 0.4) is 0 Å². The number of nitrogens with zero attached hydrogens (tertiary/aromatic N) is 2. The number of carbonyl (C=O) groups is 1. The molecule has 1 amide bonds. The Morgan fingerprint density at radius 2 is 2.04 bits per heavy atom. The minimum absolute atomic E-state index is 0.0789. The van der Waals surface area contributed by atoms with Crippen molar-refractivity contribution in [2.75, 3.05) is 12.3 Å². The predicted octanol–water partition coefficient (Wildman–Crippen LogP) is 2.83. The Balaban J connectivity index is 1.57. The first-order valence-electron chi connectivity index (χ1n) is 8.11. The lowest BCUT2D eigenvalue weighted by atomic mass is 10.1. The summed E-state index contributed by atoms with van der Waals surface area (Å²) in [6, 6.07) is 13.5. The van der Waals surface area contributed by atoms with Crippen LogP contribution in [0.25, 0.3) is 11.0 Å². The summed E-state index contributed by atoms with van der Waals surface area (Å²) in [6.45, 7) is 2.52. The van der Waals surface area contributed by atoms with Gasteiger partial charge in [0.25, 0.3) is 5.91 Å². The summed E-state index contributed by atoms with van der Waals surface area (Å²) in [7, 11) is 2.03. The van der Waals surface area contributed by atoms with E-state index in [2.05, 4.69) is 20.9 Å². The Hall–Kier alpha value is -2.82. The maximum Gasteiger partial charge on any atom is 0.251 e. The lowest BCUT2D eigenvalue weighted by molar-refractivity contribution is 0.0952. The van der Waals surface area contributed by atoms with Crippen LogP contribution >= 0.6 is 0 Å². The van der Waals surface area contributed by atoms with Gasteiger partial charge in [-0.2, -0.15) is 0 Å². The number of hydrogen-bond acceptors (Lipinski definition) is 3. The molecule has 3 aromatic rings. The number of aromatic nitrogens is 2. The Morgan fingerprint density at radius 1 is 1.25 bits per heavy atom. The third-order valence-electron chi connectivity index (χ3n) is 4.25. The van der Waals surface area contributed by atoms with E-state index in [4.69, 9.17) is 5.73 Å². The topological polar surface area (TPSA) is 72.9 Å². The van der Waals surface area contributed by atoms with Gasteiger partial charge in [-0.1, -0.05) is 18.2 Å². The van der Waals surface area contributed by atoms with E-state index in [9.17, 15) is 4.79 Å². The Bertz CT molecular complexity index is 882. The van der Waals surface area contributed by atoms with Crippen molar-refractivity contribution in [3.05, 3.63) is 59.4 Å². The molecule has 3 N–H and O–H groups in total. The molecule has 0 fully saturated rings. The van der Waals surface area contributed by atoms with Gasteiger partial charge in [-0.3, -0.25) is 4.79 Å². The molecule has 0 saturated carbocycles. The molecule has 0 radical (unpaired) electrons. The van der Waals surface area contributed by atoms with Gasteiger partial charge in [0.15, 0.2) is 0 Å². The number of nitrogen functional groups attached to an aromatic ring is 1. The maximum atomic E-state index is 12.2. The number of hydrogen-bond donors (Lipinski definition) is 2. The molecule has 0 aliphatic rings. The highest BCUT2D eigenvalue weighted by Gasteiger charge is 2.10. The lowest BCUT2D eigenvalue weighted by Crippen LogP contribution is -2.25. The van der Waals surface area contributed by atoms with Crippen molar-refractivity contribution < 1.29 is 4.79 Å². The van der Waals surface area contributed by atoms with Crippen LogP contribution in [-0.4, -0.2) is 22.0 Å². The average Bonchev–Trinajstić information content (AvgIpc) is 2.90. The fraction of sp³-hybridized carbons (Fsp3) is 0.263. The molecule has 1 heterocycles. The molecule has 5 heteroatoms. The first kappa shape index (κ1) is 16.1. The molecule has 2 aromatic carbocycles. The molecule has 5 nitrogen and oxygen atoms in total. The third kappa shape index (κ3) is 3.25. The second kappa shape index (κ2) is 6.74. The van der Waals surface area contributed by atoms with E-state index in [1.165, 1.54) is 0 Å². The van der Waals surface area contributed by atoms with Crippen molar-refractivity contribution in [3.63, 3.8) is 0 Å². The van der Waals surface area contributed by atoms with Crippen LogP contribution in [0.5, 0.6) is 0 Å². The van der Waals surface area contributed by atoms with E-state index >= 15 is 0 Å². The number of imidazole rings is 1. The van der Waals surface area contributed by atoms with Gasteiger partial charge in [-0.25, -0.2) is 4.98 Å². The zero-order valence-electron chi connectivity index (χ0n) is 14.0. The number of fused-ring (bicyclic) bond motifs is 1. The van der Waals surface area contributed by atoms with Crippen LogP contribution < -0.4 is 11.1 Å². The second-order valence-electron chi connectivity index (χ2n) is 6.01. The predicted molar refractivity (Wildman–Crippen MR) is 97.0 cm³/mol. The number of amides is 1. The average molecular weight is 322 g/mol. The molecule has 0 aliphatic carbocycles. The summed E-state index contributed by atoms with van der Waals surface area (Å²) in [5, 5.41) is 2.96. The standard InChI is InChI=1S/C19H22N4O/c1-13-9-10-14(20)12-15(13)19(24)21-11-5-8-18-22-16-6-3-4-7-17(16)23(18)2/h3-4,6-7,9-10,12H,5,8,11,20H2,1-2H3,(H,21,24). The zero-order chi connectivity index (χ0) is 17.1. The number of nitrogens with two attached hydrogens (primary N) is 1. The molecule has 0 aliphatic heterocycles. The normalized spacial score (nSPS) is 10.9. The summed E-state index contributed by atoms with van der Waals surface area (Å²) in [4.78, 5) is 16.9. The van der Waals surface area contributed by atoms with Gasteiger partial charge < -0.3 is 15.6 Å². The number of nitrogens with one attached hydrogen (secondary N) is 1. The van der Waals surface area contributed by atoms with Crippen molar-refractivity contribution in [1.29, 1.82) is 0 Å². The second-order valence-corrected chi connectivity index (χ2v) is 6.01. The van der Waals surface area contributed by atoms with E-state index in [1.54, 1.807) is 12.1 Å². The van der Waals surface area contributed by atoms with E-state index in [-0.39, 0.29) is 5.91 Å². The van der Waals surface area contributed by atoms with Crippen LogP contribution in [0.15, 0.2) is 42.5 Å². The van der Waals surface area contributed by atoms with Gasteiger partial charge in [0, 0.05) is 31.3 Å². The quantitative estimate of drug-likeness (QED) is 0.560. The lowest BCUT2D eigenvalue weighted by Gasteiger charge is -2.08. The number of carbonyl (C=O) groups excluding carboxylic acids is 1. The molecular weight excluding hydrogens is 300 g/mol. The van der Waals surface area contributed by atoms with E-state index in [0.29, 0.717) is 17.8 Å². The van der Waals surface area contributed by atoms with Gasteiger partial charge in [-0.05, 0) is 43.2 Å². The number of rotatable bonds is 5. The number of para-hydroxylation sites is 2. The molecule has 1 aromatic heterocycles. The SMILES string of the molecule is Cc1ccc(N)cc1C(=O)NCCCc1nc2ccccc2n1C. The summed E-state index contributed by atoms with van der Waals surface area (Å²) >= 11 is 0. The molecular formula is C19H22N4O. The van der Waals surface area contributed by atoms with Crippen molar-refractivity contribution in [1.82, 2.24) is 14.9 Å². The van der Waals surface area contributed by atoms with Crippen molar-refractivity contribution in [3.8, 4) is 0 Å². The third-order valence-corrected chi connectivity index (χ3v) is 4.25. The van der Waals surface area contributed by atoms with Crippen molar-refractivity contribution in [2.24, 2.45) is 7.05 Å². The van der Waals surface area contributed by atoms with Crippen LogP contribution in [0.2, 0.25) is 0 Å². The highest BCUT2D eigenvalue weighted by atomic mass is 16.1. The van der Waals surface area contributed by atoms with E-state index in [0.717, 1.165) is 35.3 Å². The molecule has 124 valence electrons. The number of aryl methyl sites for hydroxylation is 3. The maximum absolute atomic E-state index is 12.2.